The van der Waals surface area contributed by atoms with Crippen LogP contribution in [0.1, 0.15) is 49.0 Å². The van der Waals surface area contributed by atoms with Crippen LogP contribution in [0.3, 0.4) is 0 Å². The summed E-state index contributed by atoms with van der Waals surface area (Å²) in [6.07, 6.45) is 3.55. The molecule has 0 aromatic heterocycles. The Hall–Kier alpha value is -1.88. The molecule has 1 heterocycles. The minimum absolute atomic E-state index is 0.0346. The van der Waals surface area contributed by atoms with Gasteiger partial charge in [0.25, 0.3) is 5.91 Å². The predicted molar refractivity (Wildman–Crippen MR) is 90.6 cm³/mol. The van der Waals surface area contributed by atoms with Crippen molar-refractivity contribution in [1.29, 1.82) is 0 Å². The zero-order valence-electron chi connectivity index (χ0n) is 14.0. The lowest BCUT2D eigenvalue weighted by atomic mass is 10.00. The molecule has 23 heavy (non-hydrogen) atoms. The van der Waals surface area contributed by atoms with Crippen LogP contribution in [-0.2, 0) is 11.2 Å². The van der Waals surface area contributed by atoms with Crippen LogP contribution in [0.2, 0.25) is 0 Å². The third-order valence-electron chi connectivity index (χ3n) is 4.40. The second-order valence-electron chi connectivity index (χ2n) is 6.14. The molecule has 0 saturated heterocycles. The first-order chi connectivity index (χ1) is 11.1. The van der Waals surface area contributed by atoms with Crippen molar-refractivity contribution < 1.29 is 14.7 Å². The number of fused-ring (bicyclic) bond motifs is 1. The van der Waals surface area contributed by atoms with E-state index in [9.17, 15) is 9.59 Å². The van der Waals surface area contributed by atoms with Gasteiger partial charge < -0.3 is 15.3 Å². The molecule has 0 aliphatic carbocycles. The molecular formula is C18H26N2O3. The summed E-state index contributed by atoms with van der Waals surface area (Å²) in [6.45, 7) is 5.09. The molecule has 0 bridgehead atoms. The van der Waals surface area contributed by atoms with Crippen molar-refractivity contribution in [2.45, 2.75) is 39.5 Å². The van der Waals surface area contributed by atoms with Gasteiger partial charge in [0, 0.05) is 37.9 Å². The van der Waals surface area contributed by atoms with E-state index in [4.69, 9.17) is 5.11 Å². The summed E-state index contributed by atoms with van der Waals surface area (Å²) >= 11 is 0. The van der Waals surface area contributed by atoms with E-state index in [1.165, 1.54) is 0 Å². The Labute approximate surface area is 137 Å². The molecule has 5 nitrogen and oxygen atoms in total. The van der Waals surface area contributed by atoms with Gasteiger partial charge in [-0.1, -0.05) is 13.3 Å². The fourth-order valence-corrected chi connectivity index (χ4v) is 3.15. The Balaban J connectivity index is 1.99. The zero-order valence-corrected chi connectivity index (χ0v) is 14.0. The highest BCUT2D eigenvalue weighted by Gasteiger charge is 2.23. The van der Waals surface area contributed by atoms with E-state index < -0.39 is 0 Å². The molecule has 2 N–H and O–H groups in total. The number of hydrogen-bond acceptors (Lipinski definition) is 3. The van der Waals surface area contributed by atoms with Crippen molar-refractivity contribution in [1.82, 2.24) is 5.32 Å². The van der Waals surface area contributed by atoms with E-state index in [2.05, 4.69) is 12.2 Å². The Kier molecular flexibility index (Phi) is 6.16. The van der Waals surface area contributed by atoms with Gasteiger partial charge >= 0.3 is 0 Å². The number of rotatable bonds is 7. The first kappa shape index (κ1) is 17.5. The SMILES string of the molecule is CCCC(CCO)CNC(=O)c1ccc2c(c1)CCN2C(C)=O. The lowest BCUT2D eigenvalue weighted by molar-refractivity contribution is -0.116. The van der Waals surface area contributed by atoms with Crippen LogP contribution in [-0.4, -0.2) is 36.6 Å². The van der Waals surface area contributed by atoms with E-state index in [1.807, 2.05) is 12.1 Å². The Morgan fingerprint density at radius 3 is 2.78 bits per heavy atom. The van der Waals surface area contributed by atoms with Crippen LogP contribution in [0.4, 0.5) is 5.69 Å². The Bertz CT molecular complexity index is 565. The van der Waals surface area contributed by atoms with Gasteiger partial charge in [-0.05, 0) is 48.9 Å². The molecule has 1 aliphatic rings. The maximum Gasteiger partial charge on any atom is 0.251 e. The normalized spacial score (nSPS) is 14.5. The van der Waals surface area contributed by atoms with Gasteiger partial charge in [-0.25, -0.2) is 0 Å². The van der Waals surface area contributed by atoms with Crippen molar-refractivity contribution in [2.24, 2.45) is 5.92 Å². The Morgan fingerprint density at radius 1 is 1.35 bits per heavy atom. The van der Waals surface area contributed by atoms with Crippen LogP contribution in [0.25, 0.3) is 0 Å². The lowest BCUT2D eigenvalue weighted by Crippen LogP contribution is -2.30. The van der Waals surface area contributed by atoms with Crippen molar-refractivity contribution in [2.75, 3.05) is 24.6 Å². The molecule has 0 saturated carbocycles. The van der Waals surface area contributed by atoms with Gasteiger partial charge in [-0.3, -0.25) is 9.59 Å². The van der Waals surface area contributed by atoms with E-state index in [0.29, 0.717) is 31.0 Å². The largest absolute Gasteiger partial charge is 0.396 e. The molecule has 5 heteroatoms. The lowest BCUT2D eigenvalue weighted by Gasteiger charge is -2.16. The summed E-state index contributed by atoms with van der Waals surface area (Å²) in [4.78, 5) is 25.6. The summed E-state index contributed by atoms with van der Waals surface area (Å²) in [5.74, 6) is 0.261. The molecule has 0 radical (unpaired) electrons. The minimum Gasteiger partial charge on any atom is -0.396 e. The number of benzene rings is 1. The number of carbonyl (C=O) groups excluding carboxylic acids is 2. The van der Waals surface area contributed by atoms with Gasteiger partial charge in [-0.15, -0.1) is 0 Å². The van der Waals surface area contributed by atoms with Crippen LogP contribution in [0, 0.1) is 5.92 Å². The average Bonchev–Trinajstić information content (AvgIpc) is 2.96. The van der Waals surface area contributed by atoms with Gasteiger partial charge in [-0.2, -0.15) is 0 Å². The number of carbonyl (C=O) groups is 2. The molecule has 1 aliphatic heterocycles. The maximum absolute atomic E-state index is 12.3. The monoisotopic (exact) mass is 318 g/mol. The van der Waals surface area contributed by atoms with Gasteiger partial charge in [0.2, 0.25) is 5.91 Å². The summed E-state index contributed by atoms with van der Waals surface area (Å²) in [5.41, 5.74) is 2.60. The first-order valence-corrected chi connectivity index (χ1v) is 8.36. The van der Waals surface area contributed by atoms with E-state index in [0.717, 1.165) is 30.5 Å². The molecule has 1 atom stereocenters. The number of amides is 2. The maximum atomic E-state index is 12.3. The summed E-state index contributed by atoms with van der Waals surface area (Å²) in [7, 11) is 0. The number of aliphatic hydroxyl groups is 1. The van der Waals surface area contributed by atoms with E-state index in [-0.39, 0.29) is 18.4 Å². The molecule has 0 fully saturated rings. The zero-order chi connectivity index (χ0) is 16.8. The number of nitrogens with zero attached hydrogens (tertiary/aromatic N) is 1. The number of nitrogens with one attached hydrogen (secondary N) is 1. The second kappa shape index (κ2) is 8.11. The average molecular weight is 318 g/mol. The van der Waals surface area contributed by atoms with Gasteiger partial charge in [0.05, 0.1) is 0 Å². The van der Waals surface area contributed by atoms with Crippen LogP contribution >= 0.6 is 0 Å². The third-order valence-corrected chi connectivity index (χ3v) is 4.40. The van der Waals surface area contributed by atoms with Gasteiger partial charge in [0.1, 0.15) is 0 Å². The van der Waals surface area contributed by atoms with Crippen LogP contribution < -0.4 is 10.2 Å². The quantitative estimate of drug-likeness (QED) is 0.809. The fraction of sp³-hybridized carbons (Fsp3) is 0.556. The summed E-state index contributed by atoms with van der Waals surface area (Å²) in [5, 5.41) is 12.0. The molecule has 2 amide bonds. The molecule has 1 unspecified atom stereocenters. The standard InChI is InChI=1S/C18H26N2O3/c1-3-4-14(8-10-21)12-19-18(23)16-5-6-17-15(11-16)7-9-20(17)13(2)22/h5-6,11,14,21H,3-4,7-10,12H2,1-2H3,(H,19,23). The highest BCUT2D eigenvalue weighted by molar-refractivity contribution is 5.97. The van der Waals surface area contributed by atoms with Crippen molar-refractivity contribution >= 4 is 17.5 Å². The molecule has 1 aromatic carbocycles. The topological polar surface area (TPSA) is 69.6 Å². The first-order valence-electron chi connectivity index (χ1n) is 8.36. The van der Waals surface area contributed by atoms with Gasteiger partial charge in [0.15, 0.2) is 0 Å². The highest BCUT2D eigenvalue weighted by atomic mass is 16.3. The highest BCUT2D eigenvalue weighted by Crippen LogP contribution is 2.28. The molecule has 1 aromatic rings. The smallest absolute Gasteiger partial charge is 0.251 e. The van der Waals surface area contributed by atoms with Crippen molar-refractivity contribution in [3.05, 3.63) is 29.3 Å². The minimum atomic E-state index is -0.0897. The van der Waals surface area contributed by atoms with E-state index >= 15 is 0 Å². The van der Waals surface area contributed by atoms with Crippen LogP contribution in [0.15, 0.2) is 18.2 Å². The predicted octanol–water partition coefficient (Wildman–Crippen LogP) is 2.12. The Morgan fingerprint density at radius 2 is 2.13 bits per heavy atom. The van der Waals surface area contributed by atoms with Crippen molar-refractivity contribution in [3.8, 4) is 0 Å². The summed E-state index contributed by atoms with van der Waals surface area (Å²) < 4.78 is 0. The third kappa shape index (κ3) is 4.32. The van der Waals surface area contributed by atoms with Crippen LogP contribution in [0.5, 0.6) is 0 Å². The van der Waals surface area contributed by atoms with E-state index in [1.54, 1.807) is 17.9 Å². The fourth-order valence-electron chi connectivity index (χ4n) is 3.15. The second-order valence-corrected chi connectivity index (χ2v) is 6.14. The molecular weight excluding hydrogens is 292 g/mol. The molecule has 126 valence electrons. The number of hydrogen-bond donors (Lipinski definition) is 2. The molecule has 2 rings (SSSR count). The summed E-state index contributed by atoms with van der Waals surface area (Å²) in [6, 6.07) is 5.51. The number of aliphatic hydroxyl groups excluding tert-OH is 1. The van der Waals surface area contributed by atoms with Crippen molar-refractivity contribution in [3.63, 3.8) is 0 Å². The molecule has 0 spiro atoms. The number of anilines is 1.